The average Bonchev–Trinajstić information content (AvgIpc) is 2.83. The zero-order chi connectivity index (χ0) is 17.5. The molecule has 2 heterocycles. The topological polar surface area (TPSA) is 49.8 Å². The molecular formula is C18H23F2NO3. The molecule has 0 amide bonds. The van der Waals surface area contributed by atoms with E-state index in [4.69, 9.17) is 4.74 Å². The standard InChI is InChI=1S/C18H23F2NO3/c1-18(2)8-15-12(5-6-24-15)9-21(10-18)16(17(22)23)11-3-4-13(19)14(20)7-11/h3-4,7,12,15-16H,5-6,8-10H2,1-2H3,(H,22,23)/t12-,15+,16?/m1/s1. The minimum Gasteiger partial charge on any atom is -0.480 e. The molecule has 24 heavy (non-hydrogen) atoms. The Morgan fingerprint density at radius 1 is 1.38 bits per heavy atom. The van der Waals surface area contributed by atoms with Gasteiger partial charge in [0.25, 0.3) is 0 Å². The van der Waals surface area contributed by atoms with Crippen LogP contribution in [0.5, 0.6) is 0 Å². The molecule has 0 spiro atoms. The van der Waals surface area contributed by atoms with E-state index in [0.29, 0.717) is 19.7 Å². The molecule has 0 saturated carbocycles. The van der Waals surface area contributed by atoms with Gasteiger partial charge in [-0.05, 0) is 36.0 Å². The minimum absolute atomic E-state index is 0.115. The first-order chi connectivity index (χ1) is 11.3. The van der Waals surface area contributed by atoms with Gasteiger partial charge in [-0.2, -0.15) is 0 Å². The lowest BCUT2D eigenvalue weighted by molar-refractivity contribution is -0.144. The summed E-state index contributed by atoms with van der Waals surface area (Å²) in [5.41, 5.74) is 0.158. The molecule has 4 nitrogen and oxygen atoms in total. The molecule has 132 valence electrons. The molecule has 2 fully saturated rings. The number of halogens is 2. The molecule has 1 aromatic carbocycles. The van der Waals surface area contributed by atoms with Crippen molar-refractivity contribution in [2.75, 3.05) is 19.7 Å². The van der Waals surface area contributed by atoms with Gasteiger partial charge >= 0.3 is 5.97 Å². The first-order valence-corrected chi connectivity index (χ1v) is 8.30. The van der Waals surface area contributed by atoms with Crippen LogP contribution in [-0.4, -0.2) is 41.8 Å². The summed E-state index contributed by atoms with van der Waals surface area (Å²) in [6.45, 7) is 6.04. The predicted octanol–water partition coefficient (Wildman–Crippen LogP) is 3.23. The quantitative estimate of drug-likeness (QED) is 0.919. The van der Waals surface area contributed by atoms with E-state index in [1.54, 1.807) is 0 Å². The van der Waals surface area contributed by atoms with Gasteiger partial charge in [0.2, 0.25) is 0 Å². The van der Waals surface area contributed by atoms with Gasteiger partial charge in [-0.25, -0.2) is 8.78 Å². The zero-order valence-corrected chi connectivity index (χ0v) is 14.0. The summed E-state index contributed by atoms with van der Waals surface area (Å²) in [4.78, 5) is 13.8. The van der Waals surface area contributed by atoms with Crippen LogP contribution >= 0.6 is 0 Å². The Morgan fingerprint density at radius 3 is 2.79 bits per heavy atom. The second-order valence-electron chi connectivity index (χ2n) is 7.67. The Balaban J connectivity index is 1.94. The van der Waals surface area contributed by atoms with E-state index in [1.165, 1.54) is 6.07 Å². The lowest BCUT2D eigenvalue weighted by Gasteiger charge is -2.34. The zero-order valence-electron chi connectivity index (χ0n) is 14.0. The second kappa shape index (κ2) is 6.41. The number of likely N-dealkylation sites (tertiary alicyclic amines) is 1. The summed E-state index contributed by atoms with van der Waals surface area (Å²) in [5, 5.41) is 9.75. The molecule has 2 aliphatic heterocycles. The Bertz CT molecular complexity index is 635. The third-order valence-electron chi connectivity index (χ3n) is 5.06. The van der Waals surface area contributed by atoms with Crippen LogP contribution in [0.1, 0.15) is 38.3 Å². The fourth-order valence-electron chi connectivity index (χ4n) is 4.04. The van der Waals surface area contributed by atoms with Crippen LogP contribution in [-0.2, 0) is 9.53 Å². The van der Waals surface area contributed by atoms with Crippen molar-refractivity contribution in [2.24, 2.45) is 11.3 Å². The number of fused-ring (bicyclic) bond motifs is 1. The molecule has 0 radical (unpaired) electrons. The molecule has 1 unspecified atom stereocenters. The average molecular weight is 339 g/mol. The number of rotatable bonds is 3. The first kappa shape index (κ1) is 17.3. The van der Waals surface area contributed by atoms with Gasteiger partial charge < -0.3 is 9.84 Å². The minimum atomic E-state index is -1.05. The second-order valence-corrected chi connectivity index (χ2v) is 7.67. The third-order valence-corrected chi connectivity index (χ3v) is 5.06. The monoisotopic (exact) mass is 339 g/mol. The molecule has 0 aromatic heterocycles. The molecule has 2 saturated heterocycles. The van der Waals surface area contributed by atoms with Crippen LogP contribution < -0.4 is 0 Å². The fourth-order valence-corrected chi connectivity index (χ4v) is 4.04. The highest BCUT2D eigenvalue weighted by Gasteiger charge is 2.42. The Kier molecular flexibility index (Phi) is 4.62. The lowest BCUT2D eigenvalue weighted by Crippen LogP contribution is -2.40. The number of hydrogen-bond acceptors (Lipinski definition) is 3. The van der Waals surface area contributed by atoms with Crippen LogP contribution in [0.15, 0.2) is 18.2 Å². The number of nitrogens with zero attached hydrogens (tertiary/aromatic N) is 1. The van der Waals surface area contributed by atoms with Crippen molar-refractivity contribution in [3.63, 3.8) is 0 Å². The number of benzene rings is 1. The number of aliphatic carboxylic acids is 1. The van der Waals surface area contributed by atoms with Crippen molar-refractivity contribution >= 4 is 5.97 Å². The van der Waals surface area contributed by atoms with Crippen LogP contribution in [0.4, 0.5) is 8.78 Å². The maximum atomic E-state index is 13.6. The van der Waals surface area contributed by atoms with Gasteiger partial charge in [0, 0.05) is 25.6 Å². The maximum Gasteiger partial charge on any atom is 0.325 e. The molecule has 6 heteroatoms. The summed E-state index contributed by atoms with van der Waals surface area (Å²) in [6, 6.07) is 2.36. The molecular weight excluding hydrogens is 316 g/mol. The number of hydrogen-bond donors (Lipinski definition) is 1. The molecule has 1 aromatic rings. The van der Waals surface area contributed by atoms with Crippen molar-refractivity contribution in [1.29, 1.82) is 0 Å². The first-order valence-electron chi connectivity index (χ1n) is 8.30. The smallest absolute Gasteiger partial charge is 0.325 e. The molecule has 0 aliphatic carbocycles. The van der Waals surface area contributed by atoms with Gasteiger partial charge in [-0.15, -0.1) is 0 Å². The van der Waals surface area contributed by atoms with Crippen LogP contribution in [0, 0.1) is 23.0 Å². The van der Waals surface area contributed by atoms with Gasteiger partial charge in [-0.3, -0.25) is 9.69 Å². The van der Waals surface area contributed by atoms with Crippen molar-refractivity contribution in [2.45, 2.75) is 38.8 Å². The summed E-state index contributed by atoms with van der Waals surface area (Å²) in [6.07, 6.45) is 1.92. The lowest BCUT2D eigenvalue weighted by atomic mass is 9.84. The number of carbonyl (C=O) groups is 1. The highest BCUT2D eigenvalue weighted by Crippen LogP contribution is 2.39. The fraction of sp³-hybridized carbons (Fsp3) is 0.611. The number of carboxylic acids is 1. The van der Waals surface area contributed by atoms with Crippen molar-refractivity contribution in [3.05, 3.63) is 35.4 Å². The summed E-state index contributed by atoms with van der Waals surface area (Å²) < 4.78 is 32.6. The molecule has 3 atom stereocenters. The summed E-state index contributed by atoms with van der Waals surface area (Å²) >= 11 is 0. The van der Waals surface area contributed by atoms with Gasteiger partial charge in [-0.1, -0.05) is 19.9 Å². The van der Waals surface area contributed by atoms with Gasteiger partial charge in [0.1, 0.15) is 6.04 Å². The highest BCUT2D eigenvalue weighted by atomic mass is 19.2. The Morgan fingerprint density at radius 2 is 2.12 bits per heavy atom. The number of ether oxygens (including phenoxy) is 1. The van der Waals surface area contributed by atoms with Gasteiger partial charge in [0.05, 0.1) is 6.10 Å². The molecule has 2 aliphatic rings. The van der Waals surface area contributed by atoms with E-state index in [1.807, 2.05) is 4.90 Å². The van der Waals surface area contributed by atoms with E-state index < -0.39 is 23.6 Å². The van der Waals surface area contributed by atoms with Crippen molar-refractivity contribution in [3.8, 4) is 0 Å². The van der Waals surface area contributed by atoms with Crippen LogP contribution in [0.2, 0.25) is 0 Å². The third kappa shape index (κ3) is 3.44. The predicted molar refractivity (Wildman–Crippen MR) is 84.6 cm³/mol. The van der Waals surface area contributed by atoms with Crippen molar-refractivity contribution in [1.82, 2.24) is 4.90 Å². The normalized spacial score (nSPS) is 28.2. The number of carboxylic acid groups (broad SMARTS) is 1. The van der Waals surface area contributed by atoms with Crippen LogP contribution in [0.25, 0.3) is 0 Å². The van der Waals surface area contributed by atoms with E-state index >= 15 is 0 Å². The Labute approximate surface area is 140 Å². The summed E-state index contributed by atoms with van der Waals surface area (Å²) in [5.74, 6) is -2.76. The summed E-state index contributed by atoms with van der Waals surface area (Å²) in [7, 11) is 0. The van der Waals surface area contributed by atoms with E-state index in [2.05, 4.69) is 13.8 Å². The SMILES string of the molecule is CC1(C)C[C@@H]2OCC[C@@H]2CN(C(C(=O)O)c2ccc(F)c(F)c2)C1. The largest absolute Gasteiger partial charge is 0.480 e. The highest BCUT2D eigenvalue weighted by molar-refractivity contribution is 5.75. The van der Waals surface area contributed by atoms with E-state index in [-0.39, 0.29) is 23.0 Å². The molecule has 1 N–H and O–H groups in total. The molecule has 3 rings (SSSR count). The maximum absolute atomic E-state index is 13.6. The van der Waals surface area contributed by atoms with Crippen LogP contribution in [0.3, 0.4) is 0 Å². The van der Waals surface area contributed by atoms with Gasteiger partial charge in [0.15, 0.2) is 11.6 Å². The Hall–Kier alpha value is -1.53. The molecule has 0 bridgehead atoms. The van der Waals surface area contributed by atoms with Crippen molar-refractivity contribution < 1.29 is 23.4 Å². The van der Waals surface area contributed by atoms with E-state index in [0.717, 1.165) is 25.0 Å². The van der Waals surface area contributed by atoms with E-state index in [9.17, 15) is 18.7 Å².